The number of anilines is 2. The molecular formula is C25H30F2N6O2S. The molecule has 4 heterocycles. The fraction of sp³-hybridized carbons (Fsp3) is 0.440. The molecule has 0 atom stereocenters. The normalized spacial score (nSPS) is 17.1. The highest BCUT2D eigenvalue weighted by atomic mass is 32.1. The summed E-state index contributed by atoms with van der Waals surface area (Å²) < 4.78 is 41.0. The first-order valence-corrected chi connectivity index (χ1v) is 12.4. The number of nitrogens with one attached hydrogen (secondary N) is 1. The lowest BCUT2D eigenvalue weighted by atomic mass is 10.1. The number of aromatic nitrogens is 2. The fourth-order valence-electron chi connectivity index (χ4n) is 4.98. The largest absolute Gasteiger partial charge is 0.493 e. The Morgan fingerprint density at radius 2 is 1.69 bits per heavy atom. The van der Waals surface area contributed by atoms with Crippen LogP contribution in [0.3, 0.4) is 0 Å². The number of hydrogen-bond donors (Lipinski definition) is 1. The van der Waals surface area contributed by atoms with Crippen LogP contribution >= 0.6 is 12.2 Å². The number of halogens is 2. The third kappa shape index (κ3) is 4.14. The maximum Gasteiger partial charge on any atom is 0.192 e. The molecule has 0 aliphatic carbocycles. The van der Waals surface area contributed by atoms with Crippen LogP contribution in [0.15, 0.2) is 18.3 Å². The van der Waals surface area contributed by atoms with Crippen molar-refractivity contribution in [1.82, 2.24) is 19.8 Å². The molecule has 1 N–H and O–H groups in total. The molecule has 1 aromatic carbocycles. The van der Waals surface area contributed by atoms with Crippen molar-refractivity contribution in [2.75, 3.05) is 63.8 Å². The minimum absolute atomic E-state index is 0.118. The molecule has 8 nitrogen and oxygen atoms in total. The van der Waals surface area contributed by atoms with Crippen LogP contribution in [0.4, 0.5) is 20.2 Å². The smallest absolute Gasteiger partial charge is 0.192 e. The van der Waals surface area contributed by atoms with Crippen molar-refractivity contribution in [3.8, 4) is 11.5 Å². The number of nitrogens with zero attached hydrogens (tertiary/aromatic N) is 5. The molecule has 11 heteroatoms. The third-order valence-electron chi connectivity index (χ3n) is 6.95. The topological polar surface area (TPSA) is 60.1 Å². The van der Waals surface area contributed by atoms with E-state index in [1.807, 2.05) is 11.8 Å². The summed E-state index contributed by atoms with van der Waals surface area (Å²) in [6, 6.07) is 3.32. The number of fused-ring (bicyclic) bond motifs is 3. The monoisotopic (exact) mass is 516 g/mol. The molecule has 0 saturated carbocycles. The Hall–Kier alpha value is -3.02. The molecule has 0 radical (unpaired) electrons. The number of methoxy groups -OCH3 is 2. The highest BCUT2D eigenvalue weighted by molar-refractivity contribution is 7.80. The van der Waals surface area contributed by atoms with Gasteiger partial charge >= 0.3 is 0 Å². The van der Waals surface area contributed by atoms with Gasteiger partial charge in [0.1, 0.15) is 11.3 Å². The number of hydrogen-bond acceptors (Lipinski definition) is 6. The molecular weight excluding hydrogens is 486 g/mol. The van der Waals surface area contributed by atoms with Crippen molar-refractivity contribution in [1.29, 1.82) is 0 Å². The SMILES string of the molecule is CCN1C(=S)N(c2c(F)c(OC)cc(OC)c2F)Cc2cnc3[nH]c(CN4CCN(C)CC4)cc3c21. The standard InChI is InChI=1S/C25H30F2N6O2S/c1-5-32-22-15(12-28-24-17(22)10-16(29-24)14-31-8-6-30(2)7-9-31)13-33(25(32)36)23-20(26)18(34-3)11-19(35-4)21(23)27/h10-12H,5-9,13-14H2,1-4H3,(H,28,29). The molecule has 1 saturated heterocycles. The van der Waals surface area contributed by atoms with Gasteiger partial charge in [-0.05, 0) is 32.3 Å². The molecule has 5 rings (SSSR count). The number of thiocarbonyl (C=S) groups is 1. The molecule has 0 spiro atoms. The van der Waals surface area contributed by atoms with Crippen molar-refractivity contribution < 1.29 is 18.3 Å². The van der Waals surface area contributed by atoms with Crippen LogP contribution in [0.2, 0.25) is 0 Å². The van der Waals surface area contributed by atoms with Gasteiger partial charge in [-0.3, -0.25) is 4.90 Å². The van der Waals surface area contributed by atoms with Gasteiger partial charge in [0, 0.05) is 68.2 Å². The number of aromatic amines is 1. The Morgan fingerprint density at radius 3 is 2.31 bits per heavy atom. The number of H-pyrrole nitrogens is 1. The number of pyridine rings is 1. The molecule has 2 aromatic heterocycles. The van der Waals surface area contributed by atoms with Gasteiger partial charge in [0.05, 0.1) is 26.5 Å². The summed E-state index contributed by atoms with van der Waals surface area (Å²) in [4.78, 5) is 16.2. The highest BCUT2D eigenvalue weighted by Crippen LogP contribution is 2.42. The lowest BCUT2D eigenvalue weighted by Crippen LogP contribution is -2.48. The van der Waals surface area contributed by atoms with E-state index in [4.69, 9.17) is 21.7 Å². The zero-order chi connectivity index (χ0) is 25.6. The van der Waals surface area contributed by atoms with Crippen molar-refractivity contribution in [3.05, 3.63) is 41.2 Å². The molecule has 1 fully saturated rings. The average Bonchev–Trinajstić information content (AvgIpc) is 3.29. The summed E-state index contributed by atoms with van der Waals surface area (Å²) in [5, 5.41) is 1.25. The highest BCUT2D eigenvalue weighted by Gasteiger charge is 2.35. The average molecular weight is 517 g/mol. The van der Waals surface area contributed by atoms with Crippen LogP contribution in [0.1, 0.15) is 18.2 Å². The second-order valence-corrected chi connectivity index (χ2v) is 9.50. The Labute approximate surface area is 214 Å². The van der Waals surface area contributed by atoms with E-state index < -0.39 is 11.6 Å². The maximum absolute atomic E-state index is 15.3. The minimum atomic E-state index is -0.831. The van der Waals surface area contributed by atoms with Crippen LogP contribution in [-0.4, -0.2) is 78.9 Å². The van der Waals surface area contributed by atoms with E-state index in [2.05, 4.69) is 32.9 Å². The summed E-state index contributed by atoms with van der Waals surface area (Å²) in [6.45, 7) is 7.57. The van der Waals surface area contributed by atoms with Crippen molar-refractivity contribution in [2.45, 2.75) is 20.0 Å². The van der Waals surface area contributed by atoms with E-state index in [1.54, 1.807) is 6.20 Å². The Morgan fingerprint density at radius 1 is 1.03 bits per heavy atom. The Balaban J connectivity index is 1.54. The molecule has 36 heavy (non-hydrogen) atoms. The maximum atomic E-state index is 15.3. The molecule has 0 bridgehead atoms. The van der Waals surface area contributed by atoms with Crippen molar-refractivity contribution in [3.63, 3.8) is 0 Å². The van der Waals surface area contributed by atoms with Gasteiger partial charge < -0.3 is 29.2 Å². The van der Waals surface area contributed by atoms with Gasteiger partial charge in [-0.25, -0.2) is 13.8 Å². The molecule has 192 valence electrons. The minimum Gasteiger partial charge on any atom is -0.493 e. The number of ether oxygens (including phenoxy) is 2. The van der Waals surface area contributed by atoms with E-state index in [1.165, 1.54) is 25.2 Å². The van der Waals surface area contributed by atoms with Gasteiger partial charge in [0.15, 0.2) is 28.2 Å². The Bertz CT molecular complexity index is 1280. The first kappa shape index (κ1) is 24.7. The van der Waals surface area contributed by atoms with Gasteiger partial charge in [-0.2, -0.15) is 0 Å². The van der Waals surface area contributed by atoms with Crippen LogP contribution in [0.25, 0.3) is 11.0 Å². The zero-order valence-corrected chi connectivity index (χ0v) is 21.7. The fourth-order valence-corrected chi connectivity index (χ4v) is 5.36. The summed E-state index contributed by atoms with van der Waals surface area (Å²) in [5.41, 5.74) is 3.29. The van der Waals surface area contributed by atoms with E-state index in [0.29, 0.717) is 11.7 Å². The quantitative estimate of drug-likeness (QED) is 0.498. The van der Waals surface area contributed by atoms with Gasteiger partial charge in [-0.1, -0.05) is 0 Å². The van der Waals surface area contributed by atoms with Crippen molar-refractivity contribution >= 4 is 39.7 Å². The summed E-state index contributed by atoms with van der Waals surface area (Å²) >= 11 is 5.79. The molecule has 2 aliphatic heterocycles. The first-order chi connectivity index (χ1) is 17.4. The predicted molar refractivity (Wildman–Crippen MR) is 140 cm³/mol. The second-order valence-electron chi connectivity index (χ2n) is 9.14. The van der Waals surface area contributed by atoms with Crippen LogP contribution in [0.5, 0.6) is 11.5 Å². The molecule has 0 amide bonds. The molecule has 0 unspecified atom stereocenters. The zero-order valence-electron chi connectivity index (χ0n) is 20.9. The number of rotatable bonds is 6. The van der Waals surface area contributed by atoms with Crippen LogP contribution in [-0.2, 0) is 13.1 Å². The van der Waals surface area contributed by atoms with Crippen molar-refractivity contribution in [2.24, 2.45) is 0 Å². The van der Waals surface area contributed by atoms with Gasteiger partial charge in [0.2, 0.25) is 0 Å². The summed E-state index contributed by atoms with van der Waals surface area (Å²) in [6.07, 6.45) is 1.75. The van der Waals surface area contributed by atoms with E-state index in [-0.39, 0.29) is 23.7 Å². The van der Waals surface area contributed by atoms with E-state index in [0.717, 1.165) is 60.7 Å². The molecule has 3 aromatic rings. The number of benzene rings is 1. The van der Waals surface area contributed by atoms with Gasteiger partial charge in [0.25, 0.3) is 0 Å². The van der Waals surface area contributed by atoms with Gasteiger partial charge in [-0.15, -0.1) is 0 Å². The summed E-state index contributed by atoms with van der Waals surface area (Å²) in [5.74, 6) is -1.90. The van der Waals surface area contributed by atoms with Crippen LogP contribution in [0, 0.1) is 11.6 Å². The Kier molecular flexibility index (Phi) is 6.71. The van der Waals surface area contributed by atoms with Crippen LogP contribution < -0.4 is 19.3 Å². The number of piperazine rings is 1. The molecule has 2 aliphatic rings. The summed E-state index contributed by atoms with van der Waals surface area (Å²) in [7, 11) is 4.79. The first-order valence-electron chi connectivity index (χ1n) is 12.0. The third-order valence-corrected chi connectivity index (χ3v) is 7.39. The lowest BCUT2D eigenvalue weighted by Gasteiger charge is -2.39. The number of likely N-dealkylation sites (N-methyl/N-ethyl adjacent to an activating group) is 1. The lowest BCUT2D eigenvalue weighted by molar-refractivity contribution is 0.147. The predicted octanol–water partition coefficient (Wildman–Crippen LogP) is 3.74. The van der Waals surface area contributed by atoms with E-state index in [9.17, 15) is 0 Å². The van der Waals surface area contributed by atoms with E-state index >= 15 is 8.78 Å². The second kappa shape index (κ2) is 9.79.